The maximum absolute atomic E-state index is 14.4. The van der Waals surface area contributed by atoms with Gasteiger partial charge in [0.25, 0.3) is 5.91 Å². The number of aliphatic hydroxyl groups excluding tert-OH is 1. The second kappa shape index (κ2) is 9.29. The number of likely N-dealkylation sites (tertiary alicyclic amines) is 1. The van der Waals surface area contributed by atoms with Gasteiger partial charge in [-0.3, -0.25) is 14.4 Å². The van der Waals surface area contributed by atoms with E-state index in [0.29, 0.717) is 17.9 Å². The highest BCUT2D eigenvalue weighted by Gasteiger charge is 2.75. The Morgan fingerprint density at radius 2 is 1.81 bits per heavy atom. The monoisotopic (exact) mass is 510 g/mol. The van der Waals surface area contributed by atoms with E-state index in [0.717, 1.165) is 0 Å². The van der Waals surface area contributed by atoms with Crippen LogP contribution in [0.15, 0.2) is 48.6 Å². The van der Waals surface area contributed by atoms with Crippen molar-refractivity contribution < 1.29 is 33.7 Å². The van der Waals surface area contributed by atoms with Crippen molar-refractivity contribution in [3.05, 3.63) is 48.6 Å². The normalized spacial score (nSPS) is 33.9. The van der Waals surface area contributed by atoms with Crippen LogP contribution < -0.4 is 9.64 Å². The number of amides is 2. The molecule has 2 saturated heterocycles. The number of hydrogen-bond acceptors (Lipinski definition) is 7. The van der Waals surface area contributed by atoms with Crippen molar-refractivity contribution in [3.8, 4) is 5.75 Å². The molecule has 1 aromatic carbocycles. The number of cyclic esters (lactones) is 1. The SMILES string of the molecule is COc1ccc(N2CC=C[C@]34O[C@]5(C)C=CCCOC(=O)[C@@H]5[C@H]3C(=O)N([C@@H](CO)C(C)C)C4C2=O)cc1. The number of hydrogen-bond donors (Lipinski definition) is 1. The van der Waals surface area contributed by atoms with Crippen LogP contribution in [0, 0.1) is 17.8 Å². The molecule has 1 aromatic rings. The molecule has 0 saturated carbocycles. The van der Waals surface area contributed by atoms with E-state index in [1.54, 1.807) is 49.3 Å². The molecule has 6 atom stereocenters. The standard InChI is InChI=1S/C28H34N2O7/c1-17(2)20(16-31)30-23-25(33)29(18-8-10-19(35-4)11-9-18)14-7-13-28(23)21(24(30)32)22-26(34)36-15-6-5-12-27(22,3)37-28/h5,7-13,17,20-23,31H,6,14-16H2,1-4H3/t20-,21-,22-,23?,27+,28-/m0/s1. The minimum absolute atomic E-state index is 0.144. The van der Waals surface area contributed by atoms with Crippen LogP contribution in [-0.4, -0.2) is 77.9 Å². The van der Waals surface area contributed by atoms with E-state index >= 15 is 0 Å². The summed E-state index contributed by atoms with van der Waals surface area (Å²) in [6.07, 6.45) is 7.88. The van der Waals surface area contributed by atoms with Gasteiger partial charge in [0.1, 0.15) is 23.3 Å². The van der Waals surface area contributed by atoms with Gasteiger partial charge >= 0.3 is 5.97 Å². The van der Waals surface area contributed by atoms with Crippen molar-refractivity contribution in [2.45, 2.75) is 50.5 Å². The first-order valence-corrected chi connectivity index (χ1v) is 12.8. The Balaban J connectivity index is 1.67. The summed E-state index contributed by atoms with van der Waals surface area (Å²) < 4.78 is 17.5. The van der Waals surface area contributed by atoms with Crippen LogP contribution in [0.25, 0.3) is 0 Å². The second-order valence-corrected chi connectivity index (χ2v) is 10.6. The van der Waals surface area contributed by atoms with Gasteiger partial charge in [-0.05, 0) is 43.5 Å². The molecule has 1 N–H and O–H groups in total. The van der Waals surface area contributed by atoms with Crippen LogP contribution in [0.1, 0.15) is 27.2 Å². The lowest BCUT2D eigenvalue weighted by Gasteiger charge is -2.41. The van der Waals surface area contributed by atoms with Crippen molar-refractivity contribution in [3.63, 3.8) is 0 Å². The van der Waals surface area contributed by atoms with Crippen LogP contribution >= 0.6 is 0 Å². The van der Waals surface area contributed by atoms with Gasteiger partial charge < -0.3 is 29.1 Å². The Bertz CT molecular complexity index is 1150. The summed E-state index contributed by atoms with van der Waals surface area (Å²) in [5.41, 5.74) is -1.89. The zero-order chi connectivity index (χ0) is 26.5. The Kier molecular flexibility index (Phi) is 6.40. The van der Waals surface area contributed by atoms with Crippen molar-refractivity contribution in [1.29, 1.82) is 0 Å². The minimum Gasteiger partial charge on any atom is -0.497 e. The molecule has 0 aromatic heterocycles. The number of esters is 1. The minimum atomic E-state index is -1.40. The lowest BCUT2D eigenvalue weighted by atomic mass is 9.74. The first-order valence-electron chi connectivity index (χ1n) is 12.8. The predicted molar refractivity (Wildman–Crippen MR) is 135 cm³/mol. The fourth-order valence-electron chi connectivity index (χ4n) is 6.40. The summed E-state index contributed by atoms with van der Waals surface area (Å²) in [6, 6.07) is 5.41. The summed E-state index contributed by atoms with van der Waals surface area (Å²) in [5.74, 6) is -2.61. The molecule has 0 aliphatic carbocycles. The summed E-state index contributed by atoms with van der Waals surface area (Å²) in [7, 11) is 1.57. The third kappa shape index (κ3) is 3.78. The van der Waals surface area contributed by atoms with Crippen LogP contribution in [0.5, 0.6) is 5.75 Å². The average Bonchev–Trinajstić information content (AvgIpc) is 3.18. The molecular formula is C28H34N2O7. The number of carbonyl (C=O) groups excluding carboxylic acids is 3. The van der Waals surface area contributed by atoms with Crippen LogP contribution in [0.2, 0.25) is 0 Å². The molecule has 198 valence electrons. The number of benzene rings is 1. The second-order valence-electron chi connectivity index (χ2n) is 10.6. The third-order valence-electron chi connectivity index (χ3n) is 8.16. The number of anilines is 1. The Hall–Kier alpha value is -3.17. The highest BCUT2D eigenvalue weighted by atomic mass is 16.6. The predicted octanol–water partition coefficient (Wildman–Crippen LogP) is 2.09. The molecule has 5 rings (SSSR count). The highest BCUT2D eigenvalue weighted by molar-refractivity contribution is 6.05. The maximum atomic E-state index is 14.4. The van der Waals surface area contributed by atoms with Crippen LogP contribution in [-0.2, 0) is 23.9 Å². The van der Waals surface area contributed by atoms with Crippen molar-refractivity contribution in [1.82, 2.24) is 4.90 Å². The Morgan fingerprint density at radius 1 is 1.08 bits per heavy atom. The maximum Gasteiger partial charge on any atom is 0.313 e. The molecular weight excluding hydrogens is 476 g/mol. The number of ether oxygens (including phenoxy) is 3. The first-order chi connectivity index (χ1) is 17.7. The Labute approximate surface area is 216 Å². The molecule has 1 spiro atoms. The fraction of sp³-hybridized carbons (Fsp3) is 0.536. The fourth-order valence-corrected chi connectivity index (χ4v) is 6.40. The zero-order valence-corrected chi connectivity index (χ0v) is 21.6. The largest absolute Gasteiger partial charge is 0.497 e. The average molecular weight is 511 g/mol. The number of fused-ring (bicyclic) bond motifs is 2. The van der Waals surface area contributed by atoms with E-state index in [2.05, 4.69) is 0 Å². The van der Waals surface area contributed by atoms with Crippen molar-refractivity contribution >= 4 is 23.5 Å². The summed E-state index contributed by atoms with van der Waals surface area (Å²) >= 11 is 0. The third-order valence-corrected chi connectivity index (χ3v) is 8.16. The summed E-state index contributed by atoms with van der Waals surface area (Å²) in [5, 5.41) is 10.3. The van der Waals surface area contributed by atoms with Crippen LogP contribution in [0.3, 0.4) is 0 Å². The molecule has 2 fully saturated rings. The van der Waals surface area contributed by atoms with Crippen LogP contribution in [0.4, 0.5) is 5.69 Å². The molecule has 1 unspecified atom stereocenters. The topological polar surface area (TPSA) is 106 Å². The van der Waals surface area contributed by atoms with E-state index in [1.807, 2.05) is 32.1 Å². The van der Waals surface area contributed by atoms with E-state index in [1.165, 1.54) is 4.90 Å². The Morgan fingerprint density at radius 3 is 2.46 bits per heavy atom. The van der Waals surface area contributed by atoms with Crippen molar-refractivity contribution in [2.24, 2.45) is 17.8 Å². The van der Waals surface area contributed by atoms with E-state index in [-0.39, 0.29) is 37.5 Å². The number of methoxy groups -OCH3 is 1. The van der Waals surface area contributed by atoms with E-state index in [4.69, 9.17) is 14.2 Å². The first kappa shape index (κ1) is 25.5. The zero-order valence-electron chi connectivity index (χ0n) is 21.6. The summed E-state index contributed by atoms with van der Waals surface area (Å²) in [4.78, 5) is 45.1. The lowest BCUT2D eigenvalue weighted by Crippen LogP contribution is -2.59. The van der Waals surface area contributed by atoms with E-state index < -0.39 is 41.1 Å². The van der Waals surface area contributed by atoms with Gasteiger partial charge in [0, 0.05) is 12.2 Å². The lowest BCUT2D eigenvalue weighted by molar-refractivity contribution is -0.160. The molecule has 4 aliphatic heterocycles. The van der Waals surface area contributed by atoms with Gasteiger partial charge in [0.15, 0.2) is 0 Å². The smallest absolute Gasteiger partial charge is 0.313 e. The number of nitrogens with zero attached hydrogens (tertiary/aromatic N) is 2. The quantitative estimate of drug-likeness (QED) is 0.478. The summed E-state index contributed by atoms with van der Waals surface area (Å²) in [6.45, 7) is 5.71. The molecule has 4 heterocycles. The highest BCUT2D eigenvalue weighted by Crippen LogP contribution is 2.58. The van der Waals surface area contributed by atoms with Gasteiger partial charge in [-0.1, -0.05) is 38.2 Å². The molecule has 9 heteroatoms. The number of rotatable bonds is 5. The van der Waals surface area contributed by atoms with Gasteiger partial charge in [0.05, 0.1) is 37.9 Å². The van der Waals surface area contributed by atoms with Gasteiger partial charge in [-0.25, -0.2) is 0 Å². The number of carbonyl (C=O) groups is 3. The molecule has 2 amide bonds. The van der Waals surface area contributed by atoms with E-state index in [9.17, 15) is 19.5 Å². The molecule has 0 radical (unpaired) electrons. The van der Waals surface area contributed by atoms with Gasteiger partial charge in [0.2, 0.25) is 5.91 Å². The van der Waals surface area contributed by atoms with Gasteiger partial charge in [-0.2, -0.15) is 0 Å². The molecule has 9 nitrogen and oxygen atoms in total. The molecule has 4 aliphatic rings. The molecule has 37 heavy (non-hydrogen) atoms. The molecule has 0 bridgehead atoms. The van der Waals surface area contributed by atoms with Gasteiger partial charge in [-0.15, -0.1) is 0 Å². The number of aliphatic hydroxyl groups is 1. The van der Waals surface area contributed by atoms with Crippen molar-refractivity contribution in [2.75, 3.05) is 31.8 Å².